The maximum atomic E-state index is 11.1. The van der Waals surface area contributed by atoms with E-state index in [2.05, 4.69) is 15.5 Å². The zero-order valence-corrected chi connectivity index (χ0v) is 9.38. The zero-order valence-electron chi connectivity index (χ0n) is 8.56. The van der Waals surface area contributed by atoms with E-state index in [0.29, 0.717) is 12.3 Å². The highest BCUT2D eigenvalue weighted by Crippen LogP contribution is 1.89. The summed E-state index contributed by atoms with van der Waals surface area (Å²) < 4.78 is 12.9. The van der Waals surface area contributed by atoms with Crippen molar-refractivity contribution in [3.05, 3.63) is 12.2 Å². The van der Waals surface area contributed by atoms with Gasteiger partial charge in [0, 0.05) is 35.9 Å². The Morgan fingerprint density at radius 1 is 1.64 bits per heavy atom. The van der Waals surface area contributed by atoms with Crippen LogP contribution in [0.2, 0.25) is 0 Å². The minimum atomic E-state index is -0.686. The van der Waals surface area contributed by atoms with Gasteiger partial charge in [-0.05, 0) is 0 Å². The Labute approximate surface area is 86.4 Å². The lowest BCUT2D eigenvalue weighted by molar-refractivity contribution is 0.650. The molecule has 0 aliphatic rings. The highest BCUT2D eigenvalue weighted by molar-refractivity contribution is 7.84. The molecule has 0 amide bonds. The molecule has 1 heterocycles. The minimum absolute atomic E-state index is 0.678. The Morgan fingerprint density at radius 2 is 2.43 bits per heavy atom. The molecule has 0 spiro atoms. The standard InChI is InChI=1S/C8H16N4OS/c1-3-14(13)5-4-9-6-8-11-10-7-12(8)2/h7,9H,3-6H2,1-2H3. The van der Waals surface area contributed by atoms with Gasteiger partial charge in [0.05, 0.1) is 6.54 Å². The third-order valence-corrected chi connectivity index (χ3v) is 3.22. The molecule has 1 unspecified atom stereocenters. The van der Waals surface area contributed by atoms with Crippen molar-refractivity contribution >= 4 is 10.8 Å². The summed E-state index contributed by atoms with van der Waals surface area (Å²) in [6.45, 7) is 3.36. The fraction of sp³-hybridized carbons (Fsp3) is 0.750. The van der Waals surface area contributed by atoms with Crippen LogP contribution in [0, 0.1) is 0 Å². The smallest absolute Gasteiger partial charge is 0.146 e. The van der Waals surface area contributed by atoms with Crippen molar-refractivity contribution in [1.82, 2.24) is 20.1 Å². The Bertz CT molecular complexity index is 299. The summed E-state index contributed by atoms with van der Waals surface area (Å²) in [5.41, 5.74) is 0. The number of hydrogen-bond acceptors (Lipinski definition) is 4. The van der Waals surface area contributed by atoms with Crippen LogP contribution in [0.1, 0.15) is 12.7 Å². The molecule has 0 aromatic carbocycles. The highest BCUT2D eigenvalue weighted by atomic mass is 32.2. The van der Waals surface area contributed by atoms with E-state index in [0.717, 1.165) is 18.1 Å². The van der Waals surface area contributed by atoms with Crippen LogP contribution in [0.15, 0.2) is 6.33 Å². The number of aromatic nitrogens is 3. The molecule has 6 heteroatoms. The minimum Gasteiger partial charge on any atom is -0.320 e. The van der Waals surface area contributed by atoms with Crippen LogP contribution in [0.4, 0.5) is 0 Å². The average molecular weight is 216 g/mol. The molecule has 0 saturated heterocycles. The topological polar surface area (TPSA) is 59.8 Å². The van der Waals surface area contributed by atoms with Crippen LogP contribution in [-0.2, 0) is 24.4 Å². The molecule has 1 aromatic heterocycles. The molecule has 0 radical (unpaired) electrons. The predicted octanol–water partition coefficient (Wildman–Crippen LogP) is -0.327. The van der Waals surface area contributed by atoms with E-state index >= 15 is 0 Å². The van der Waals surface area contributed by atoms with Gasteiger partial charge >= 0.3 is 0 Å². The second-order valence-corrected chi connectivity index (χ2v) is 4.83. The SMILES string of the molecule is CCS(=O)CCNCc1nncn1C. The van der Waals surface area contributed by atoms with Gasteiger partial charge in [0.15, 0.2) is 0 Å². The highest BCUT2D eigenvalue weighted by Gasteiger charge is 2.00. The zero-order chi connectivity index (χ0) is 10.4. The first kappa shape index (κ1) is 11.3. The van der Waals surface area contributed by atoms with Crippen LogP contribution in [0.3, 0.4) is 0 Å². The molecule has 1 atom stereocenters. The first-order valence-electron chi connectivity index (χ1n) is 4.62. The van der Waals surface area contributed by atoms with Crippen LogP contribution < -0.4 is 5.32 Å². The fourth-order valence-corrected chi connectivity index (χ4v) is 1.66. The van der Waals surface area contributed by atoms with Gasteiger partial charge in [-0.15, -0.1) is 10.2 Å². The summed E-state index contributed by atoms with van der Waals surface area (Å²) in [6.07, 6.45) is 1.67. The molecule has 0 bridgehead atoms. The first-order chi connectivity index (χ1) is 6.74. The lowest BCUT2D eigenvalue weighted by Crippen LogP contribution is -2.22. The van der Waals surface area contributed by atoms with E-state index in [4.69, 9.17) is 0 Å². The molecule has 1 N–H and O–H groups in total. The van der Waals surface area contributed by atoms with Gasteiger partial charge in [0.25, 0.3) is 0 Å². The van der Waals surface area contributed by atoms with E-state index in [1.807, 2.05) is 18.5 Å². The van der Waals surface area contributed by atoms with Crippen molar-refractivity contribution in [3.8, 4) is 0 Å². The summed E-state index contributed by atoms with van der Waals surface area (Å²) in [7, 11) is 1.22. The van der Waals surface area contributed by atoms with Gasteiger partial charge in [0.1, 0.15) is 12.2 Å². The summed E-state index contributed by atoms with van der Waals surface area (Å²) >= 11 is 0. The molecular weight excluding hydrogens is 200 g/mol. The molecule has 80 valence electrons. The van der Waals surface area contributed by atoms with Gasteiger partial charge in [0.2, 0.25) is 0 Å². The van der Waals surface area contributed by atoms with Gasteiger partial charge in [-0.3, -0.25) is 4.21 Å². The third kappa shape index (κ3) is 3.55. The normalized spacial score (nSPS) is 13.0. The quantitative estimate of drug-likeness (QED) is 0.662. The van der Waals surface area contributed by atoms with Crippen molar-refractivity contribution in [3.63, 3.8) is 0 Å². The number of hydrogen-bond donors (Lipinski definition) is 1. The largest absolute Gasteiger partial charge is 0.320 e. The number of rotatable bonds is 6. The van der Waals surface area contributed by atoms with Crippen molar-refractivity contribution in [2.75, 3.05) is 18.1 Å². The van der Waals surface area contributed by atoms with E-state index in [-0.39, 0.29) is 0 Å². The van der Waals surface area contributed by atoms with E-state index in [1.54, 1.807) is 6.33 Å². The van der Waals surface area contributed by atoms with Crippen LogP contribution in [0.5, 0.6) is 0 Å². The fourth-order valence-electron chi connectivity index (χ4n) is 0.998. The lowest BCUT2D eigenvalue weighted by Gasteiger charge is -2.02. The molecule has 5 nitrogen and oxygen atoms in total. The van der Waals surface area contributed by atoms with E-state index < -0.39 is 10.8 Å². The van der Waals surface area contributed by atoms with Crippen LogP contribution in [0.25, 0.3) is 0 Å². The van der Waals surface area contributed by atoms with E-state index in [9.17, 15) is 4.21 Å². The second-order valence-electron chi connectivity index (χ2n) is 2.97. The Hall–Kier alpha value is -0.750. The van der Waals surface area contributed by atoms with Gasteiger partial charge < -0.3 is 9.88 Å². The molecular formula is C8H16N4OS. The Morgan fingerprint density at radius 3 is 3.00 bits per heavy atom. The van der Waals surface area contributed by atoms with Gasteiger partial charge in [-0.2, -0.15) is 0 Å². The molecule has 1 rings (SSSR count). The maximum absolute atomic E-state index is 11.1. The summed E-state index contributed by atoms with van der Waals surface area (Å²) in [4.78, 5) is 0. The predicted molar refractivity (Wildman–Crippen MR) is 56.3 cm³/mol. The third-order valence-electron chi connectivity index (χ3n) is 1.92. The Kier molecular flexibility index (Phi) is 4.75. The summed E-state index contributed by atoms with van der Waals surface area (Å²) in [5.74, 6) is 2.33. The number of nitrogens with zero attached hydrogens (tertiary/aromatic N) is 3. The van der Waals surface area contributed by atoms with Crippen LogP contribution >= 0.6 is 0 Å². The van der Waals surface area contributed by atoms with Crippen molar-refractivity contribution < 1.29 is 4.21 Å². The van der Waals surface area contributed by atoms with Crippen molar-refractivity contribution in [2.45, 2.75) is 13.5 Å². The first-order valence-corrected chi connectivity index (χ1v) is 6.11. The van der Waals surface area contributed by atoms with Gasteiger partial charge in [-0.1, -0.05) is 6.92 Å². The number of nitrogens with one attached hydrogen (secondary N) is 1. The molecule has 0 aliphatic carbocycles. The molecule has 0 fully saturated rings. The maximum Gasteiger partial charge on any atom is 0.146 e. The molecule has 1 aromatic rings. The summed E-state index contributed by atoms with van der Waals surface area (Å²) in [5, 5.41) is 10.9. The number of aryl methyl sites for hydroxylation is 1. The van der Waals surface area contributed by atoms with Crippen molar-refractivity contribution in [2.24, 2.45) is 7.05 Å². The monoisotopic (exact) mass is 216 g/mol. The average Bonchev–Trinajstić information content (AvgIpc) is 2.58. The van der Waals surface area contributed by atoms with Crippen molar-refractivity contribution in [1.29, 1.82) is 0 Å². The Balaban J connectivity index is 2.16. The molecule has 14 heavy (non-hydrogen) atoms. The van der Waals surface area contributed by atoms with Crippen LogP contribution in [-0.4, -0.2) is 37.0 Å². The van der Waals surface area contributed by atoms with Gasteiger partial charge in [-0.25, -0.2) is 0 Å². The summed E-state index contributed by atoms with van der Waals surface area (Å²) in [6, 6.07) is 0. The lowest BCUT2D eigenvalue weighted by atomic mass is 10.5. The second kappa shape index (κ2) is 5.87. The van der Waals surface area contributed by atoms with E-state index in [1.165, 1.54) is 0 Å². The molecule has 0 saturated carbocycles. The molecule has 0 aliphatic heterocycles.